The van der Waals surface area contributed by atoms with Crippen LogP contribution in [0.4, 0.5) is 4.39 Å². The number of hydrogen-bond donors (Lipinski definition) is 0. The second-order valence-corrected chi connectivity index (χ2v) is 6.33. The molecule has 0 saturated heterocycles. The number of nitrogens with zero attached hydrogens (tertiary/aromatic N) is 1. The maximum absolute atomic E-state index is 13.2. The van der Waals surface area contributed by atoms with Crippen LogP contribution in [-0.4, -0.2) is 22.8 Å². The van der Waals surface area contributed by atoms with Crippen molar-refractivity contribution in [2.75, 3.05) is 0 Å². The molecule has 0 aliphatic heterocycles. The molecule has 1 atom stereocenters. The highest BCUT2D eigenvalue weighted by atomic mass is 19.1. The van der Waals surface area contributed by atoms with E-state index in [-0.39, 0.29) is 11.6 Å². The van der Waals surface area contributed by atoms with Crippen LogP contribution >= 0.6 is 0 Å². The quantitative estimate of drug-likeness (QED) is 0.661. The fourth-order valence-electron chi connectivity index (χ4n) is 3.21. The topological polar surface area (TPSA) is 56.3 Å². The van der Waals surface area contributed by atoms with Gasteiger partial charge in [-0.05, 0) is 49.2 Å². The first-order valence-corrected chi connectivity index (χ1v) is 8.51. The number of halogens is 1. The number of benzene rings is 2. The fraction of sp³-hybridized carbons (Fsp3) is 0.190. The molecule has 0 N–H and O–H groups in total. The molecule has 0 amide bonds. The first-order valence-electron chi connectivity index (χ1n) is 8.51. The van der Waals surface area contributed by atoms with Gasteiger partial charge in [-0.2, -0.15) is 0 Å². The molecule has 5 heteroatoms. The molecule has 1 heterocycles. The van der Waals surface area contributed by atoms with E-state index >= 15 is 0 Å². The summed E-state index contributed by atoms with van der Waals surface area (Å²) >= 11 is 0. The molecule has 0 radical (unpaired) electrons. The smallest absolute Gasteiger partial charge is 0.339 e. The van der Waals surface area contributed by atoms with Gasteiger partial charge in [-0.3, -0.25) is 4.79 Å². The standard InChI is InChI=1S/C21H16FNO3/c22-14-10-8-13(9-11-14)18-12-16(15-4-1-2-5-17(15)23-18)21(25)26-20-7-3-6-19(20)24/h1-2,4-5,8-12,20H,3,6-7H2/t20-/m0/s1. The van der Waals surface area contributed by atoms with Crippen LogP contribution in [0.5, 0.6) is 0 Å². The Morgan fingerprint density at radius 1 is 1.12 bits per heavy atom. The Labute approximate surface area is 149 Å². The van der Waals surface area contributed by atoms with Crippen molar-refractivity contribution in [1.29, 1.82) is 0 Å². The third-order valence-corrected chi connectivity index (χ3v) is 4.57. The van der Waals surface area contributed by atoms with Crippen LogP contribution in [-0.2, 0) is 9.53 Å². The second kappa shape index (κ2) is 6.67. The van der Waals surface area contributed by atoms with Gasteiger partial charge in [0.25, 0.3) is 0 Å². The third-order valence-electron chi connectivity index (χ3n) is 4.57. The number of carbonyl (C=O) groups is 2. The fourth-order valence-corrected chi connectivity index (χ4v) is 3.21. The Balaban J connectivity index is 1.78. The molecule has 26 heavy (non-hydrogen) atoms. The van der Waals surface area contributed by atoms with E-state index in [9.17, 15) is 14.0 Å². The van der Waals surface area contributed by atoms with Crippen LogP contribution in [0, 0.1) is 5.82 Å². The molecular formula is C21H16FNO3. The van der Waals surface area contributed by atoms with Crippen molar-refractivity contribution in [2.45, 2.75) is 25.4 Å². The van der Waals surface area contributed by atoms with Gasteiger partial charge in [0.05, 0.1) is 16.8 Å². The normalized spacial score (nSPS) is 16.8. The number of para-hydroxylation sites is 1. The molecule has 130 valence electrons. The molecule has 4 nitrogen and oxygen atoms in total. The van der Waals surface area contributed by atoms with Crippen LogP contribution in [0.2, 0.25) is 0 Å². The number of ether oxygens (including phenoxy) is 1. The molecule has 1 aliphatic rings. The zero-order valence-electron chi connectivity index (χ0n) is 13.9. The van der Waals surface area contributed by atoms with Crippen LogP contribution in [0.3, 0.4) is 0 Å². The van der Waals surface area contributed by atoms with Crippen LogP contribution in [0.1, 0.15) is 29.6 Å². The first kappa shape index (κ1) is 16.4. The predicted octanol–water partition coefficient (Wildman–Crippen LogP) is 4.32. The summed E-state index contributed by atoms with van der Waals surface area (Å²) in [5, 5.41) is 0.661. The van der Waals surface area contributed by atoms with Gasteiger partial charge < -0.3 is 4.74 Å². The molecule has 3 aromatic rings. The molecule has 1 fully saturated rings. The van der Waals surface area contributed by atoms with E-state index in [0.29, 0.717) is 40.6 Å². The van der Waals surface area contributed by atoms with Gasteiger partial charge in [0.15, 0.2) is 11.9 Å². The highest BCUT2D eigenvalue weighted by molar-refractivity contribution is 6.05. The SMILES string of the molecule is O=C(O[C@H]1CCCC1=O)c1cc(-c2ccc(F)cc2)nc2ccccc12. The third kappa shape index (κ3) is 3.08. The molecule has 1 aromatic heterocycles. The van der Waals surface area contributed by atoms with Crippen molar-refractivity contribution >= 4 is 22.7 Å². The number of Topliss-reactive ketones (excluding diaryl/α,β-unsaturated/α-hetero) is 1. The lowest BCUT2D eigenvalue weighted by Crippen LogP contribution is -2.22. The van der Waals surface area contributed by atoms with Gasteiger partial charge in [-0.15, -0.1) is 0 Å². The first-order chi connectivity index (χ1) is 12.6. The van der Waals surface area contributed by atoms with E-state index in [0.717, 1.165) is 6.42 Å². The minimum Gasteiger partial charge on any atom is -0.451 e. The van der Waals surface area contributed by atoms with Gasteiger partial charge in [-0.1, -0.05) is 18.2 Å². The van der Waals surface area contributed by atoms with Crippen molar-refractivity contribution in [2.24, 2.45) is 0 Å². The van der Waals surface area contributed by atoms with Gasteiger partial charge in [-0.25, -0.2) is 14.2 Å². The number of carbonyl (C=O) groups excluding carboxylic acids is 2. The van der Waals surface area contributed by atoms with E-state index in [4.69, 9.17) is 4.74 Å². The molecule has 2 aromatic carbocycles. The van der Waals surface area contributed by atoms with Crippen molar-refractivity contribution in [3.8, 4) is 11.3 Å². The Morgan fingerprint density at radius 3 is 2.62 bits per heavy atom. The molecule has 0 spiro atoms. The minimum atomic E-state index is -0.663. The van der Waals surface area contributed by atoms with Gasteiger partial charge in [0.2, 0.25) is 0 Å². The summed E-state index contributed by atoms with van der Waals surface area (Å²) in [6, 6.07) is 14.8. The lowest BCUT2D eigenvalue weighted by molar-refractivity contribution is -0.124. The van der Waals surface area contributed by atoms with E-state index in [1.165, 1.54) is 12.1 Å². The van der Waals surface area contributed by atoms with E-state index in [2.05, 4.69) is 4.98 Å². The lowest BCUT2D eigenvalue weighted by Gasteiger charge is -2.13. The molecule has 1 saturated carbocycles. The maximum atomic E-state index is 13.2. The average molecular weight is 349 g/mol. The second-order valence-electron chi connectivity index (χ2n) is 6.33. The lowest BCUT2D eigenvalue weighted by atomic mass is 10.0. The number of pyridine rings is 1. The van der Waals surface area contributed by atoms with E-state index < -0.39 is 12.1 Å². The van der Waals surface area contributed by atoms with Crippen LogP contribution in [0.25, 0.3) is 22.2 Å². The molecule has 0 bridgehead atoms. The summed E-state index contributed by atoms with van der Waals surface area (Å²) in [5.41, 5.74) is 2.24. The van der Waals surface area contributed by atoms with Gasteiger partial charge in [0, 0.05) is 17.4 Å². The van der Waals surface area contributed by atoms with Crippen LogP contribution in [0.15, 0.2) is 54.6 Å². The number of hydrogen-bond acceptors (Lipinski definition) is 4. The molecule has 4 rings (SSSR count). The minimum absolute atomic E-state index is 0.0320. The Kier molecular flexibility index (Phi) is 4.21. The Hall–Kier alpha value is -3.08. The average Bonchev–Trinajstić information content (AvgIpc) is 3.06. The number of aromatic nitrogens is 1. The van der Waals surface area contributed by atoms with E-state index in [1.807, 2.05) is 12.1 Å². The number of ketones is 1. The van der Waals surface area contributed by atoms with Gasteiger partial charge in [0.1, 0.15) is 5.82 Å². The molecule has 1 aliphatic carbocycles. The zero-order chi connectivity index (χ0) is 18.1. The number of fused-ring (bicyclic) bond motifs is 1. The van der Waals surface area contributed by atoms with Crippen LogP contribution < -0.4 is 0 Å². The zero-order valence-corrected chi connectivity index (χ0v) is 13.9. The maximum Gasteiger partial charge on any atom is 0.339 e. The summed E-state index contributed by atoms with van der Waals surface area (Å²) < 4.78 is 18.7. The van der Waals surface area contributed by atoms with Gasteiger partial charge >= 0.3 is 5.97 Å². The number of esters is 1. The van der Waals surface area contributed by atoms with Crippen molar-refractivity contribution in [1.82, 2.24) is 4.98 Å². The summed E-state index contributed by atoms with van der Waals surface area (Å²) in [6.45, 7) is 0. The Morgan fingerprint density at radius 2 is 1.88 bits per heavy atom. The van der Waals surface area contributed by atoms with Crippen molar-refractivity contribution < 1.29 is 18.7 Å². The predicted molar refractivity (Wildman–Crippen MR) is 95.2 cm³/mol. The summed E-state index contributed by atoms with van der Waals surface area (Å²) in [6.07, 6.45) is 1.10. The van der Waals surface area contributed by atoms with Crippen molar-refractivity contribution in [3.05, 3.63) is 66.0 Å². The number of rotatable bonds is 3. The highest BCUT2D eigenvalue weighted by Gasteiger charge is 2.29. The Bertz CT molecular complexity index is 998. The monoisotopic (exact) mass is 349 g/mol. The largest absolute Gasteiger partial charge is 0.451 e. The van der Waals surface area contributed by atoms with Crippen molar-refractivity contribution in [3.63, 3.8) is 0 Å². The summed E-state index contributed by atoms with van der Waals surface area (Å²) in [4.78, 5) is 29.1. The molecule has 0 unspecified atom stereocenters. The summed E-state index contributed by atoms with van der Waals surface area (Å²) in [5.74, 6) is -0.906. The molecular weight excluding hydrogens is 333 g/mol. The highest BCUT2D eigenvalue weighted by Crippen LogP contribution is 2.27. The van der Waals surface area contributed by atoms with E-state index in [1.54, 1.807) is 30.3 Å². The summed E-state index contributed by atoms with van der Waals surface area (Å²) in [7, 11) is 0.